The van der Waals surface area contributed by atoms with Gasteiger partial charge in [0.2, 0.25) is 0 Å². The molecule has 2 N–H and O–H groups in total. The van der Waals surface area contributed by atoms with Crippen LogP contribution in [0.5, 0.6) is 0 Å². The molecule has 20 heavy (non-hydrogen) atoms. The molecule has 1 aromatic carbocycles. The molecule has 5 heteroatoms. The van der Waals surface area contributed by atoms with Gasteiger partial charge in [-0.2, -0.15) is 0 Å². The minimum absolute atomic E-state index is 0.0860. The van der Waals surface area contributed by atoms with Crippen molar-refractivity contribution in [2.24, 2.45) is 0 Å². The lowest BCUT2D eigenvalue weighted by Gasteiger charge is -2.05. The monoisotopic (exact) mass is 289 g/mol. The van der Waals surface area contributed by atoms with Crippen molar-refractivity contribution in [3.63, 3.8) is 0 Å². The van der Waals surface area contributed by atoms with Crippen LogP contribution in [0.25, 0.3) is 0 Å². The van der Waals surface area contributed by atoms with Gasteiger partial charge in [0.15, 0.2) is 0 Å². The van der Waals surface area contributed by atoms with Gasteiger partial charge >= 0.3 is 0 Å². The Balaban J connectivity index is 1.86. The Morgan fingerprint density at radius 2 is 1.95 bits per heavy atom. The number of hydrogen-bond acceptors (Lipinski definition) is 5. The number of rotatable bonds is 7. The lowest BCUT2D eigenvalue weighted by molar-refractivity contribution is 0.282. The first kappa shape index (κ1) is 14.8. The van der Waals surface area contributed by atoms with E-state index in [1.165, 1.54) is 0 Å². The van der Waals surface area contributed by atoms with E-state index in [2.05, 4.69) is 22.2 Å². The van der Waals surface area contributed by atoms with Crippen LogP contribution in [0.2, 0.25) is 0 Å². The molecule has 0 radical (unpaired) electrons. The first-order chi connectivity index (χ1) is 9.81. The van der Waals surface area contributed by atoms with Gasteiger partial charge in [-0.25, -0.2) is 4.98 Å². The van der Waals surface area contributed by atoms with Gasteiger partial charge in [-0.05, 0) is 24.1 Å². The van der Waals surface area contributed by atoms with Gasteiger partial charge < -0.3 is 10.4 Å². The van der Waals surface area contributed by atoms with E-state index in [0.717, 1.165) is 40.7 Å². The topological polar surface area (TPSA) is 58.0 Å². The third-order valence-electron chi connectivity index (χ3n) is 2.75. The molecular formula is C15H19N3OS. The largest absolute Gasteiger partial charge is 0.392 e. The lowest BCUT2D eigenvalue weighted by atomic mass is 10.2. The Hall–Kier alpha value is -1.59. The molecule has 0 aliphatic carbocycles. The van der Waals surface area contributed by atoms with E-state index >= 15 is 0 Å². The standard InChI is InChI=1S/C15H19N3OS/c1-2-7-16-15-9-17-13(8-18-15)11-20-14-5-3-12(10-19)4-6-14/h3-6,8-9,19H,2,7,10-11H2,1H3,(H,16,18). The van der Waals surface area contributed by atoms with E-state index in [4.69, 9.17) is 5.11 Å². The van der Waals surface area contributed by atoms with Crippen molar-refractivity contribution >= 4 is 17.6 Å². The Bertz CT molecular complexity index is 514. The molecule has 4 nitrogen and oxygen atoms in total. The number of aliphatic hydroxyl groups is 1. The highest BCUT2D eigenvalue weighted by Crippen LogP contribution is 2.22. The average Bonchev–Trinajstić information content (AvgIpc) is 2.52. The molecule has 0 spiro atoms. The Morgan fingerprint density at radius 1 is 1.15 bits per heavy atom. The summed E-state index contributed by atoms with van der Waals surface area (Å²) in [6.45, 7) is 3.12. The molecule has 0 saturated heterocycles. The molecule has 0 saturated carbocycles. The van der Waals surface area contributed by atoms with Crippen LogP contribution in [-0.2, 0) is 12.4 Å². The van der Waals surface area contributed by atoms with Crippen molar-refractivity contribution in [3.8, 4) is 0 Å². The molecule has 0 amide bonds. The summed E-state index contributed by atoms with van der Waals surface area (Å²) >= 11 is 1.71. The van der Waals surface area contributed by atoms with E-state index in [0.29, 0.717) is 0 Å². The van der Waals surface area contributed by atoms with Crippen molar-refractivity contribution in [2.45, 2.75) is 30.6 Å². The minimum Gasteiger partial charge on any atom is -0.392 e. The zero-order chi connectivity index (χ0) is 14.2. The molecule has 1 aromatic heterocycles. The summed E-state index contributed by atoms with van der Waals surface area (Å²) in [7, 11) is 0. The van der Waals surface area contributed by atoms with E-state index in [-0.39, 0.29) is 6.61 Å². The molecule has 0 unspecified atom stereocenters. The van der Waals surface area contributed by atoms with Crippen LogP contribution >= 0.6 is 11.8 Å². The van der Waals surface area contributed by atoms with E-state index < -0.39 is 0 Å². The summed E-state index contributed by atoms with van der Waals surface area (Å²) in [5.41, 5.74) is 1.89. The smallest absolute Gasteiger partial charge is 0.144 e. The van der Waals surface area contributed by atoms with Crippen LogP contribution in [-0.4, -0.2) is 21.6 Å². The second-order valence-electron chi connectivity index (χ2n) is 4.41. The second-order valence-corrected chi connectivity index (χ2v) is 5.46. The van der Waals surface area contributed by atoms with E-state index in [1.807, 2.05) is 30.5 Å². The maximum atomic E-state index is 8.99. The summed E-state index contributed by atoms with van der Waals surface area (Å²) in [4.78, 5) is 9.89. The van der Waals surface area contributed by atoms with Crippen LogP contribution in [0.1, 0.15) is 24.6 Å². The molecule has 0 bridgehead atoms. The van der Waals surface area contributed by atoms with E-state index in [1.54, 1.807) is 18.0 Å². The number of aromatic nitrogens is 2. The van der Waals surface area contributed by atoms with Gasteiger partial charge in [0.25, 0.3) is 0 Å². The van der Waals surface area contributed by atoms with Crippen LogP contribution < -0.4 is 5.32 Å². The quantitative estimate of drug-likeness (QED) is 0.767. The molecule has 0 aliphatic rings. The highest BCUT2D eigenvalue weighted by molar-refractivity contribution is 7.98. The number of nitrogens with zero attached hydrogens (tertiary/aromatic N) is 2. The first-order valence-corrected chi connectivity index (χ1v) is 7.67. The predicted octanol–water partition coefficient (Wildman–Crippen LogP) is 3.08. The summed E-state index contributed by atoms with van der Waals surface area (Å²) in [6, 6.07) is 7.90. The number of hydrogen-bond donors (Lipinski definition) is 2. The highest BCUT2D eigenvalue weighted by atomic mass is 32.2. The summed E-state index contributed by atoms with van der Waals surface area (Å²) in [5, 5.41) is 12.2. The number of thioether (sulfide) groups is 1. The van der Waals surface area contributed by atoms with Crippen molar-refractivity contribution in [1.82, 2.24) is 9.97 Å². The van der Waals surface area contributed by atoms with Crippen molar-refractivity contribution in [3.05, 3.63) is 47.9 Å². The molecule has 0 aliphatic heterocycles. The molecule has 0 atom stereocenters. The van der Waals surface area contributed by atoms with E-state index in [9.17, 15) is 0 Å². The third kappa shape index (κ3) is 4.51. The highest BCUT2D eigenvalue weighted by Gasteiger charge is 2.00. The number of aliphatic hydroxyl groups excluding tert-OH is 1. The molecule has 1 heterocycles. The Kier molecular flexibility index (Phi) is 5.83. The lowest BCUT2D eigenvalue weighted by Crippen LogP contribution is -2.02. The first-order valence-electron chi connectivity index (χ1n) is 6.69. The number of benzene rings is 1. The third-order valence-corrected chi connectivity index (χ3v) is 3.80. The molecule has 0 fully saturated rings. The van der Waals surface area contributed by atoms with Gasteiger partial charge in [0.1, 0.15) is 5.82 Å². The fraction of sp³-hybridized carbons (Fsp3) is 0.333. The number of anilines is 1. The molecule has 2 aromatic rings. The van der Waals surface area contributed by atoms with Crippen LogP contribution in [0, 0.1) is 0 Å². The van der Waals surface area contributed by atoms with Crippen molar-refractivity contribution in [1.29, 1.82) is 0 Å². The van der Waals surface area contributed by atoms with Gasteiger partial charge in [-0.3, -0.25) is 4.98 Å². The fourth-order valence-corrected chi connectivity index (χ4v) is 2.41. The van der Waals surface area contributed by atoms with Gasteiger partial charge in [-0.15, -0.1) is 11.8 Å². The van der Waals surface area contributed by atoms with Gasteiger partial charge in [-0.1, -0.05) is 19.1 Å². The summed E-state index contributed by atoms with van der Waals surface area (Å²) in [6.07, 6.45) is 4.66. The maximum absolute atomic E-state index is 8.99. The molecular weight excluding hydrogens is 270 g/mol. The SMILES string of the molecule is CCCNc1cnc(CSc2ccc(CO)cc2)cn1. The Labute approximate surface area is 123 Å². The van der Waals surface area contributed by atoms with Gasteiger partial charge in [0, 0.05) is 17.2 Å². The zero-order valence-corrected chi connectivity index (χ0v) is 12.4. The van der Waals surface area contributed by atoms with Gasteiger partial charge in [0.05, 0.1) is 24.7 Å². The van der Waals surface area contributed by atoms with Crippen LogP contribution in [0.3, 0.4) is 0 Å². The minimum atomic E-state index is 0.0860. The number of nitrogens with one attached hydrogen (secondary N) is 1. The summed E-state index contributed by atoms with van der Waals surface area (Å²) < 4.78 is 0. The molecule has 2 rings (SSSR count). The molecule has 106 valence electrons. The van der Waals surface area contributed by atoms with Crippen LogP contribution in [0.4, 0.5) is 5.82 Å². The predicted molar refractivity (Wildman–Crippen MR) is 82.7 cm³/mol. The second kappa shape index (κ2) is 7.87. The summed E-state index contributed by atoms with van der Waals surface area (Å²) in [5.74, 6) is 1.62. The maximum Gasteiger partial charge on any atom is 0.144 e. The fourth-order valence-electron chi connectivity index (χ4n) is 1.62. The Morgan fingerprint density at radius 3 is 2.55 bits per heavy atom. The van der Waals surface area contributed by atoms with Crippen LogP contribution in [0.15, 0.2) is 41.6 Å². The van der Waals surface area contributed by atoms with Crippen molar-refractivity contribution < 1.29 is 5.11 Å². The van der Waals surface area contributed by atoms with Crippen molar-refractivity contribution in [2.75, 3.05) is 11.9 Å². The normalized spacial score (nSPS) is 10.5. The zero-order valence-electron chi connectivity index (χ0n) is 11.5. The average molecular weight is 289 g/mol.